The van der Waals surface area contributed by atoms with Gasteiger partial charge in [0.25, 0.3) is 0 Å². The first-order valence-electron chi connectivity index (χ1n) is 10.2. The van der Waals surface area contributed by atoms with Crippen LogP contribution in [0.4, 0.5) is 5.82 Å². The van der Waals surface area contributed by atoms with E-state index in [1.165, 1.54) is 0 Å². The van der Waals surface area contributed by atoms with Gasteiger partial charge in [0.2, 0.25) is 11.8 Å². The number of piperazine rings is 1. The monoisotopic (exact) mass is 393 g/mol. The van der Waals surface area contributed by atoms with Crippen LogP contribution < -0.4 is 4.90 Å². The number of carbonyl (C=O) groups is 2. The van der Waals surface area contributed by atoms with E-state index < -0.39 is 5.41 Å². The Balaban J connectivity index is 1.33. The van der Waals surface area contributed by atoms with Crippen molar-refractivity contribution in [3.8, 4) is 0 Å². The molecule has 0 radical (unpaired) electrons. The van der Waals surface area contributed by atoms with E-state index in [2.05, 4.69) is 14.9 Å². The van der Waals surface area contributed by atoms with Crippen LogP contribution in [-0.2, 0) is 16.0 Å². The highest BCUT2D eigenvalue weighted by Gasteiger charge is 2.59. The fourth-order valence-corrected chi connectivity index (χ4v) is 3.94. The number of pyridine rings is 2. The molecule has 0 N–H and O–H groups in total. The maximum absolute atomic E-state index is 13.2. The summed E-state index contributed by atoms with van der Waals surface area (Å²) in [5, 5.41) is 0. The summed E-state index contributed by atoms with van der Waals surface area (Å²) in [6.45, 7) is 3.34. The Bertz CT molecular complexity index is 846. The average molecular weight is 393 g/mol. The molecular weight excluding hydrogens is 366 g/mol. The Kier molecular flexibility index (Phi) is 5.47. The van der Waals surface area contributed by atoms with Crippen LogP contribution in [0.3, 0.4) is 0 Å². The lowest BCUT2D eigenvalue weighted by Gasteiger charge is -2.37. The summed E-state index contributed by atoms with van der Waals surface area (Å²) in [6.07, 6.45) is 7.38. The van der Waals surface area contributed by atoms with E-state index in [1.54, 1.807) is 30.5 Å². The second-order valence-corrected chi connectivity index (χ2v) is 7.88. The first kappa shape index (κ1) is 19.4. The number of likely N-dealkylation sites (N-methyl/N-ethyl adjacent to an activating group) is 1. The van der Waals surface area contributed by atoms with Crippen molar-refractivity contribution in [1.29, 1.82) is 0 Å². The van der Waals surface area contributed by atoms with Gasteiger partial charge in [-0.05, 0) is 49.1 Å². The van der Waals surface area contributed by atoms with Crippen molar-refractivity contribution in [1.82, 2.24) is 19.8 Å². The molecule has 2 fully saturated rings. The van der Waals surface area contributed by atoms with Gasteiger partial charge in [0.05, 0.1) is 0 Å². The molecule has 7 nitrogen and oxygen atoms in total. The van der Waals surface area contributed by atoms with Crippen molar-refractivity contribution in [2.75, 3.05) is 44.7 Å². The third-order valence-corrected chi connectivity index (χ3v) is 5.94. The minimum absolute atomic E-state index is 0.000989. The zero-order chi connectivity index (χ0) is 20.3. The van der Waals surface area contributed by atoms with Gasteiger partial charge in [0.15, 0.2) is 0 Å². The van der Waals surface area contributed by atoms with Crippen molar-refractivity contribution in [2.24, 2.45) is 5.41 Å². The molecular formula is C22H27N5O2. The molecule has 152 valence electrons. The number of anilines is 1. The molecule has 0 bridgehead atoms. The van der Waals surface area contributed by atoms with Crippen molar-refractivity contribution < 1.29 is 9.59 Å². The molecule has 29 heavy (non-hydrogen) atoms. The molecule has 0 atom stereocenters. The lowest BCUT2D eigenvalue weighted by molar-refractivity contribution is -0.149. The molecule has 2 aromatic rings. The van der Waals surface area contributed by atoms with Crippen LogP contribution in [0.5, 0.6) is 0 Å². The number of amides is 2. The molecule has 2 aliphatic rings. The summed E-state index contributed by atoms with van der Waals surface area (Å²) in [4.78, 5) is 40.4. The molecule has 1 aliphatic heterocycles. The second kappa shape index (κ2) is 8.19. The third-order valence-electron chi connectivity index (χ3n) is 5.94. The van der Waals surface area contributed by atoms with E-state index in [0.717, 1.165) is 30.9 Å². The number of hydrogen-bond donors (Lipinski definition) is 0. The Morgan fingerprint density at radius 2 is 1.76 bits per heavy atom. The van der Waals surface area contributed by atoms with Crippen LogP contribution in [-0.4, -0.2) is 71.4 Å². The number of aromatic nitrogens is 2. The Morgan fingerprint density at radius 3 is 2.38 bits per heavy atom. The second-order valence-electron chi connectivity index (χ2n) is 7.88. The quantitative estimate of drug-likeness (QED) is 0.698. The molecule has 0 aromatic carbocycles. The summed E-state index contributed by atoms with van der Waals surface area (Å²) in [5.41, 5.74) is 0.307. The molecule has 7 heteroatoms. The van der Waals surface area contributed by atoms with E-state index in [9.17, 15) is 9.59 Å². The zero-order valence-electron chi connectivity index (χ0n) is 16.8. The van der Waals surface area contributed by atoms with E-state index >= 15 is 0 Å². The van der Waals surface area contributed by atoms with Gasteiger partial charge in [-0.2, -0.15) is 0 Å². The summed E-state index contributed by atoms with van der Waals surface area (Å²) in [7, 11) is 1.80. The summed E-state index contributed by atoms with van der Waals surface area (Å²) in [5.74, 6) is 0.898. The van der Waals surface area contributed by atoms with Gasteiger partial charge in [0, 0.05) is 58.4 Å². The largest absolute Gasteiger partial charge is 0.353 e. The van der Waals surface area contributed by atoms with Crippen LogP contribution in [0.25, 0.3) is 0 Å². The van der Waals surface area contributed by atoms with Crippen LogP contribution in [0.1, 0.15) is 18.4 Å². The van der Waals surface area contributed by atoms with Crippen molar-refractivity contribution >= 4 is 17.6 Å². The number of rotatable bonds is 6. The van der Waals surface area contributed by atoms with Gasteiger partial charge in [-0.15, -0.1) is 0 Å². The molecule has 2 aromatic heterocycles. The molecule has 3 heterocycles. The van der Waals surface area contributed by atoms with Gasteiger partial charge < -0.3 is 14.7 Å². The molecule has 1 saturated carbocycles. The Morgan fingerprint density at radius 1 is 1.03 bits per heavy atom. The average Bonchev–Trinajstić information content (AvgIpc) is 3.60. The highest BCUT2D eigenvalue weighted by molar-refractivity contribution is 6.07. The summed E-state index contributed by atoms with van der Waals surface area (Å²) in [6, 6.07) is 9.77. The smallest absolute Gasteiger partial charge is 0.238 e. The van der Waals surface area contributed by atoms with Gasteiger partial charge in [0.1, 0.15) is 11.2 Å². The fraction of sp³-hybridized carbons (Fsp3) is 0.455. The maximum atomic E-state index is 13.2. The normalized spacial score (nSPS) is 17.7. The number of hydrogen-bond acceptors (Lipinski definition) is 5. The number of carbonyl (C=O) groups excluding carboxylic acids is 2. The predicted molar refractivity (Wildman–Crippen MR) is 110 cm³/mol. The lowest BCUT2D eigenvalue weighted by atomic mass is 10.0. The van der Waals surface area contributed by atoms with Crippen molar-refractivity contribution in [2.45, 2.75) is 19.3 Å². The van der Waals surface area contributed by atoms with Crippen LogP contribution >= 0.6 is 0 Å². The molecule has 1 aliphatic carbocycles. The fourth-order valence-electron chi connectivity index (χ4n) is 3.94. The topological polar surface area (TPSA) is 69.6 Å². The van der Waals surface area contributed by atoms with E-state index in [1.807, 2.05) is 35.2 Å². The van der Waals surface area contributed by atoms with E-state index in [0.29, 0.717) is 32.5 Å². The lowest BCUT2D eigenvalue weighted by Crippen LogP contribution is -2.53. The first-order chi connectivity index (χ1) is 14.1. The van der Waals surface area contributed by atoms with Crippen LogP contribution in [0.2, 0.25) is 0 Å². The molecule has 4 rings (SSSR count). The third kappa shape index (κ3) is 4.09. The first-order valence-corrected chi connectivity index (χ1v) is 10.2. The van der Waals surface area contributed by atoms with Gasteiger partial charge in [-0.3, -0.25) is 14.6 Å². The highest BCUT2D eigenvalue weighted by atomic mass is 16.2. The molecule has 0 unspecified atom stereocenters. The van der Waals surface area contributed by atoms with Crippen LogP contribution in [0, 0.1) is 5.41 Å². The summed E-state index contributed by atoms with van der Waals surface area (Å²) < 4.78 is 0. The van der Waals surface area contributed by atoms with Gasteiger partial charge in [-0.25, -0.2) is 4.98 Å². The predicted octanol–water partition coefficient (Wildman–Crippen LogP) is 1.61. The molecule has 0 spiro atoms. The number of nitrogens with zero attached hydrogens (tertiary/aromatic N) is 5. The highest BCUT2D eigenvalue weighted by Crippen LogP contribution is 2.48. The molecule has 1 saturated heterocycles. The SMILES string of the molecule is CN(CCc1ccncc1)C(=O)C1(C(=O)N2CCN(c3ccccn3)CC2)CC1. The van der Waals surface area contributed by atoms with Crippen molar-refractivity contribution in [3.05, 3.63) is 54.5 Å². The summed E-state index contributed by atoms with van der Waals surface area (Å²) >= 11 is 0. The molecule has 2 amide bonds. The van der Waals surface area contributed by atoms with Crippen molar-refractivity contribution in [3.63, 3.8) is 0 Å². The zero-order valence-corrected chi connectivity index (χ0v) is 16.8. The Hall–Kier alpha value is -2.96. The minimum atomic E-state index is -0.833. The Labute approximate surface area is 171 Å². The minimum Gasteiger partial charge on any atom is -0.353 e. The van der Waals surface area contributed by atoms with Gasteiger partial charge in [-0.1, -0.05) is 6.07 Å². The van der Waals surface area contributed by atoms with E-state index in [4.69, 9.17) is 0 Å². The standard InChI is InChI=1S/C22H27N5O2/c1-25(13-7-18-5-11-23-12-6-18)20(28)22(8-9-22)21(29)27-16-14-26(15-17-27)19-4-2-3-10-24-19/h2-6,10-12H,7-9,13-17H2,1H3. The van der Waals surface area contributed by atoms with Gasteiger partial charge >= 0.3 is 0 Å². The van der Waals surface area contributed by atoms with Crippen LogP contribution in [0.15, 0.2) is 48.9 Å². The maximum Gasteiger partial charge on any atom is 0.238 e. The van der Waals surface area contributed by atoms with E-state index in [-0.39, 0.29) is 11.8 Å².